The SMILES string of the molecule is Cc1ccc(-c2cc(CN3CCC(CO)C3)on2)cc1. The molecule has 1 unspecified atom stereocenters. The lowest BCUT2D eigenvalue weighted by atomic mass is 10.1. The minimum atomic E-state index is 0.279. The Balaban J connectivity index is 1.66. The minimum absolute atomic E-state index is 0.279. The Morgan fingerprint density at radius 2 is 2.15 bits per heavy atom. The molecule has 0 radical (unpaired) electrons. The molecule has 20 heavy (non-hydrogen) atoms. The van der Waals surface area contributed by atoms with Gasteiger partial charge in [-0.15, -0.1) is 0 Å². The van der Waals surface area contributed by atoms with Crippen molar-refractivity contribution >= 4 is 0 Å². The molecule has 1 saturated heterocycles. The fourth-order valence-corrected chi connectivity index (χ4v) is 2.67. The Morgan fingerprint density at radius 3 is 2.85 bits per heavy atom. The highest BCUT2D eigenvalue weighted by Crippen LogP contribution is 2.22. The molecule has 1 aromatic carbocycles. The largest absolute Gasteiger partial charge is 0.396 e. The van der Waals surface area contributed by atoms with Crippen molar-refractivity contribution in [3.63, 3.8) is 0 Å². The summed E-state index contributed by atoms with van der Waals surface area (Å²) >= 11 is 0. The van der Waals surface area contributed by atoms with Crippen molar-refractivity contribution in [1.29, 1.82) is 0 Å². The van der Waals surface area contributed by atoms with Crippen molar-refractivity contribution in [2.75, 3.05) is 19.7 Å². The van der Waals surface area contributed by atoms with Gasteiger partial charge >= 0.3 is 0 Å². The Kier molecular flexibility index (Phi) is 3.85. The number of hydrogen-bond donors (Lipinski definition) is 1. The van der Waals surface area contributed by atoms with E-state index in [2.05, 4.69) is 41.2 Å². The molecule has 4 nitrogen and oxygen atoms in total. The van der Waals surface area contributed by atoms with E-state index in [0.29, 0.717) is 5.92 Å². The van der Waals surface area contributed by atoms with Gasteiger partial charge < -0.3 is 9.63 Å². The van der Waals surface area contributed by atoms with Crippen molar-refractivity contribution in [1.82, 2.24) is 10.1 Å². The smallest absolute Gasteiger partial charge is 0.151 e. The van der Waals surface area contributed by atoms with E-state index in [4.69, 9.17) is 9.63 Å². The van der Waals surface area contributed by atoms with Crippen LogP contribution in [0.2, 0.25) is 0 Å². The average Bonchev–Trinajstić information content (AvgIpc) is 3.09. The molecule has 2 heterocycles. The van der Waals surface area contributed by atoms with Gasteiger partial charge in [-0.05, 0) is 25.8 Å². The maximum absolute atomic E-state index is 9.16. The predicted molar refractivity (Wildman–Crippen MR) is 77.1 cm³/mol. The van der Waals surface area contributed by atoms with E-state index in [0.717, 1.165) is 43.1 Å². The van der Waals surface area contributed by atoms with Crippen LogP contribution in [0.5, 0.6) is 0 Å². The number of rotatable bonds is 4. The highest BCUT2D eigenvalue weighted by molar-refractivity contribution is 5.59. The highest BCUT2D eigenvalue weighted by atomic mass is 16.5. The zero-order valence-corrected chi connectivity index (χ0v) is 11.7. The molecule has 1 N–H and O–H groups in total. The van der Waals surface area contributed by atoms with Crippen LogP contribution in [0.1, 0.15) is 17.7 Å². The number of hydrogen-bond acceptors (Lipinski definition) is 4. The lowest BCUT2D eigenvalue weighted by Crippen LogP contribution is -2.20. The van der Waals surface area contributed by atoms with E-state index >= 15 is 0 Å². The number of aryl methyl sites for hydroxylation is 1. The molecular weight excluding hydrogens is 252 g/mol. The van der Waals surface area contributed by atoms with Crippen LogP contribution >= 0.6 is 0 Å². The van der Waals surface area contributed by atoms with Gasteiger partial charge in [0.15, 0.2) is 5.76 Å². The van der Waals surface area contributed by atoms with Crippen molar-refractivity contribution in [3.8, 4) is 11.3 Å². The van der Waals surface area contributed by atoms with E-state index in [9.17, 15) is 0 Å². The summed E-state index contributed by atoms with van der Waals surface area (Å²) in [6.45, 7) is 5.09. The first-order valence-electron chi connectivity index (χ1n) is 7.10. The van der Waals surface area contributed by atoms with Crippen LogP contribution in [0.4, 0.5) is 0 Å². The summed E-state index contributed by atoms with van der Waals surface area (Å²) in [6, 6.07) is 10.3. The lowest BCUT2D eigenvalue weighted by Gasteiger charge is -2.12. The zero-order chi connectivity index (χ0) is 13.9. The first-order chi connectivity index (χ1) is 9.74. The van der Waals surface area contributed by atoms with Gasteiger partial charge in [-0.3, -0.25) is 4.90 Å². The zero-order valence-electron chi connectivity index (χ0n) is 11.7. The molecule has 2 aromatic rings. The summed E-state index contributed by atoms with van der Waals surface area (Å²) in [7, 11) is 0. The summed E-state index contributed by atoms with van der Waals surface area (Å²) in [4.78, 5) is 2.31. The fraction of sp³-hybridized carbons (Fsp3) is 0.438. The monoisotopic (exact) mass is 272 g/mol. The Morgan fingerprint density at radius 1 is 1.35 bits per heavy atom. The molecule has 1 fully saturated rings. The number of aliphatic hydroxyl groups excluding tert-OH is 1. The van der Waals surface area contributed by atoms with Gasteiger partial charge in [-0.25, -0.2) is 0 Å². The summed E-state index contributed by atoms with van der Waals surface area (Å²) in [5.74, 6) is 1.30. The number of aromatic nitrogens is 1. The lowest BCUT2D eigenvalue weighted by molar-refractivity contribution is 0.213. The topological polar surface area (TPSA) is 49.5 Å². The number of nitrogens with zero attached hydrogens (tertiary/aromatic N) is 2. The molecule has 0 amide bonds. The van der Waals surface area contributed by atoms with Crippen molar-refractivity contribution < 1.29 is 9.63 Å². The first-order valence-corrected chi connectivity index (χ1v) is 7.10. The molecule has 0 bridgehead atoms. The molecule has 1 aliphatic rings. The van der Waals surface area contributed by atoms with E-state index in [1.807, 2.05) is 6.07 Å². The van der Waals surface area contributed by atoms with Crippen molar-refractivity contribution in [2.24, 2.45) is 5.92 Å². The molecular formula is C16H20N2O2. The van der Waals surface area contributed by atoms with Gasteiger partial charge in [-0.2, -0.15) is 0 Å². The van der Waals surface area contributed by atoms with Crippen LogP contribution < -0.4 is 0 Å². The standard InChI is InChI=1S/C16H20N2O2/c1-12-2-4-14(5-3-12)16-8-15(20-17-16)10-18-7-6-13(9-18)11-19/h2-5,8,13,19H,6-7,9-11H2,1H3. The summed E-state index contributed by atoms with van der Waals surface area (Å²) < 4.78 is 5.43. The summed E-state index contributed by atoms with van der Waals surface area (Å²) in [5.41, 5.74) is 3.21. The van der Waals surface area contributed by atoms with Gasteiger partial charge in [0, 0.05) is 24.8 Å². The van der Waals surface area contributed by atoms with Crippen molar-refractivity contribution in [2.45, 2.75) is 19.9 Å². The third-order valence-electron chi connectivity index (χ3n) is 3.91. The van der Waals surface area contributed by atoms with E-state index < -0.39 is 0 Å². The number of likely N-dealkylation sites (tertiary alicyclic amines) is 1. The van der Waals surface area contributed by atoms with Crippen molar-refractivity contribution in [3.05, 3.63) is 41.7 Å². The Bertz CT molecular complexity index is 562. The molecule has 1 atom stereocenters. The third-order valence-corrected chi connectivity index (χ3v) is 3.91. The van der Waals surface area contributed by atoms with Crippen LogP contribution in [0.3, 0.4) is 0 Å². The van der Waals surface area contributed by atoms with Crippen LogP contribution in [0, 0.1) is 12.8 Å². The quantitative estimate of drug-likeness (QED) is 0.929. The van der Waals surface area contributed by atoms with Gasteiger partial charge in [0.1, 0.15) is 5.69 Å². The molecule has 4 heteroatoms. The molecule has 0 saturated carbocycles. The van der Waals surface area contributed by atoms with Crippen LogP contribution in [0.25, 0.3) is 11.3 Å². The van der Waals surface area contributed by atoms with Crippen LogP contribution in [0.15, 0.2) is 34.9 Å². The second-order valence-electron chi connectivity index (χ2n) is 5.62. The molecule has 0 spiro atoms. The predicted octanol–water partition coefficient (Wildman–Crippen LogP) is 2.46. The van der Waals surface area contributed by atoms with Crippen LogP contribution in [-0.4, -0.2) is 34.9 Å². The normalized spacial score (nSPS) is 19.6. The number of benzene rings is 1. The van der Waals surface area contributed by atoms with Gasteiger partial charge in [-0.1, -0.05) is 35.0 Å². The fourth-order valence-electron chi connectivity index (χ4n) is 2.67. The molecule has 0 aliphatic carbocycles. The Hall–Kier alpha value is -1.65. The molecule has 3 rings (SSSR count). The van der Waals surface area contributed by atoms with Gasteiger partial charge in [0.25, 0.3) is 0 Å². The maximum atomic E-state index is 9.16. The number of aliphatic hydroxyl groups is 1. The van der Waals surface area contributed by atoms with Crippen LogP contribution in [-0.2, 0) is 6.54 Å². The minimum Gasteiger partial charge on any atom is -0.396 e. The summed E-state index contributed by atoms with van der Waals surface area (Å²) in [5, 5.41) is 13.3. The summed E-state index contributed by atoms with van der Waals surface area (Å²) in [6.07, 6.45) is 1.06. The second-order valence-corrected chi connectivity index (χ2v) is 5.62. The van der Waals surface area contributed by atoms with E-state index in [-0.39, 0.29) is 6.61 Å². The Labute approximate surface area is 119 Å². The molecule has 106 valence electrons. The van der Waals surface area contributed by atoms with E-state index in [1.165, 1.54) is 5.56 Å². The average molecular weight is 272 g/mol. The third kappa shape index (κ3) is 2.92. The maximum Gasteiger partial charge on any atom is 0.151 e. The molecule has 1 aromatic heterocycles. The first kappa shape index (κ1) is 13.3. The van der Waals surface area contributed by atoms with Gasteiger partial charge in [0.05, 0.1) is 6.54 Å². The molecule has 1 aliphatic heterocycles. The highest BCUT2D eigenvalue weighted by Gasteiger charge is 2.22. The van der Waals surface area contributed by atoms with E-state index in [1.54, 1.807) is 0 Å². The van der Waals surface area contributed by atoms with Gasteiger partial charge in [0.2, 0.25) is 0 Å². The second kappa shape index (κ2) is 5.77.